The predicted octanol–water partition coefficient (Wildman–Crippen LogP) is 4.21. The van der Waals surface area contributed by atoms with Crippen LogP contribution in [0.2, 0.25) is 0 Å². The van der Waals surface area contributed by atoms with Crippen molar-refractivity contribution in [3.05, 3.63) is 69.2 Å². The number of benzene rings is 1. The number of aromatic nitrogens is 3. The monoisotopic (exact) mass is 430 g/mol. The second-order valence-electron chi connectivity index (χ2n) is 6.04. The lowest BCUT2D eigenvalue weighted by Gasteiger charge is -2.09. The van der Waals surface area contributed by atoms with Crippen molar-refractivity contribution in [2.24, 2.45) is 0 Å². The van der Waals surface area contributed by atoms with Gasteiger partial charge in [-0.2, -0.15) is 5.10 Å². The van der Waals surface area contributed by atoms with Crippen molar-refractivity contribution >= 4 is 28.4 Å². The smallest absolute Gasteiger partial charge is 0.133 e. The Labute approximate surface area is 155 Å². The van der Waals surface area contributed by atoms with Crippen molar-refractivity contribution in [3.63, 3.8) is 0 Å². The Balaban J connectivity index is 1.78. The molecule has 3 heterocycles. The number of hydrogen-bond acceptors (Lipinski definition) is 3. The average molecular weight is 430 g/mol. The summed E-state index contributed by atoms with van der Waals surface area (Å²) in [7, 11) is 0. The van der Waals surface area contributed by atoms with E-state index in [1.807, 2.05) is 18.3 Å². The van der Waals surface area contributed by atoms with Crippen LogP contribution >= 0.6 is 22.6 Å². The van der Waals surface area contributed by atoms with Crippen LogP contribution in [0.4, 0.5) is 5.82 Å². The van der Waals surface area contributed by atoms with Crippen LogP contribution in [0, 0.1) is 3.57 Å². The molecule has 0 fully saturated rings. The van der Waals surface area contributed by atoms with Gasteiger partial charge < -0.3 is 5.32 Å². The minimum Gasteiger partial charge on any atom is -0.370 e. The average Bonchev–Trinajstić information content (AvgIpc) is 2.79. The Morgan fingerprint density at radius 1 is 1.08 bits per heavy atom. The summed E-state index contributed by atoms with van der Waals surface area (Å²) in [6, 6.07) is 14.6. The van der Waals surface area contributed by atoms with Crippen LogP contribution in [-0.4, -0.2) is 21.3 Å². The SMILES string of the molecule is Ic1ccc(-n2nc(Cc3ccccn3)c3c2NCCCC3)cc1. The highest BCUT2D eigenvalue weighted by atomic mass is 127. The molecule has 0 spiro atoms. The van der Waals surface area contributed by atoms with Crippen LogP contribution in [0.1, 0.15) is 29.8 Å². The van der Waals surface area contributed by atoms with Gasteiger partial charge in [-0.15, -0.1) is 0 Å². The zero-order chi connectivity index (χ0) is 16.4. The summed E-state index contributed by atoms with van der Waals surface area (Å²) >= 11 is 2.33. The molecular formula is C19H19IN4. The Bertz CT molecular complexity index is 825. The molecule has 3 aromatic rings. The van der Waals surface area contributed by atoms with E-state index >= 15 is 0 Å². The maximum Gasteiger partial charge on any atom is 0.133 e. The molecule has 1 aliphatic rings. The number of rotatable bonds is 3. The maximum absolute atomic E-state index is 4.94. The van der Waals surface area contributed by atoms with Crippen LogP contribution in [0.25, 0.3) is 5.69 Å². The minimum atomic E-state index is 0.780. The van der Waals surface area contributed by atoms with Crippen molar-refractivity contribution in [2.45, 2.75) is 25.7 Å². The minimum absolute atomic E-state index is 0.780. The van der Waals surface area contributed by atoms with Crippen molar-refractivity contribution in [1.29, 1.82) is 0 Å². The van der Waals surface area contributed by atoms with Crippen molar-refractivity contribution in [3.8, 4) is 5.69 Å². The number of fused-ring (bicyclic) bond motifs is 1. The van der Waals surface area contributed by atoms with E-state index in [-0.39, 0.29) is 0 Å². The first-order chi connectivity index (χ1) is 11.8. The molecule has 5 heteroatoms. The van der Waals surface area contributed by atoms with Gasteiger partial charge in [0, 0.05) is 34.0 Å². The number of nitrogens with zero attached hydrogens (tertiary/aromatic N) is 3. The molecule has 0 saturated heterocycles. The fourth-order valence-electron chi connectivity index (χ4n) is 3.16. The molecule has 4 nitrogen and oxygen atoms in total. The summed E-state index contributed by atoms with van der Waals surface area (Å²) < 4.78 is 3.30. The number of halogens is 1. The normalized spacial score (nSPS) is 13.9. The van der Waals surface area contributed by atoms with Crippen LogP contribution < -0.4 is 5.32 Å². The Hall–Kier alpha value is -1.89. The molecule has 0 saturated carbocycles. The summed E-state index contributed by atoms with van der Waals surface area (Å²) in [5.41, 5.74) is 4.65. The predicted molar refractivity (Wildman–Crippen MR) is 105 cm³/mol. The van der Waals surface area contributed by atoms with Crippen LogP contribution in [-0.2, 0) is 12.8 Å². The molecule has 4 rings (SSSR count). The molecule has 0 atom stereocenters. The van der Waals surface area contributed by atoms with Crippen LogP contribution in [0.5, 0.6) is 0 Å². The summed E-state index contributed by atoms with van der Waals surface area (Å²) in [4.78, 5) is 4.47. The van der Waals surface area contributed by atoms with Crippen molar-refractivity contribution in [1.82, 2.24) is 14.8 Å². The number of nitrogens with one attached hydrogen (secondary N) is 1. The lowest BCUT2D eigenvalue weighted by Crippen LogP contribution is -2.07. The molecule has 0 unspecified atom stereocenters. The highest BCUT2D eigenvalue weighted by molar-refractivity contribution is 14.1. The van der Waals surface area contributed by atoms with Gasteiger partial charge in [0.25, 0.3) is 0 Å². The highest BCUT2D eigenvalue weighted by Gasteiger charge is 2.20. The lowest BCUT2D eigenvalue weighted by molar-refractivity contribution is 0.766. The van der Waals surface area contributed by atoms with E-state index in [0.717, 1.165) is 42.3 Å². The molecule has 0 bridgehead atoms. The Morgan fingerprint density at radius 2 is 1.96 bits per heavy atom. The fraction of sp³-hybridized carbons (Fsp3) is 0.263. The number of pyridine rings is 1. The molecule has 1 aromatic carbocycles. The number of anilines is 1. The molecular weight excluding hydrogens is 411 g/mol. The molecule has 0 radical (unpaired) electrons. The highest BCUT2D eigenvalue weighted by Crippen LogP contribution is 2.29. The van der Waals surface area contributed by atoms with Gasteiger partial charge in [-0.1, -0.05) is 6.07 Å². The molecule has 1 N–H and O–H groups in total. The maximum atomic E-state index is 4.94. The standard InChI is InChI=1S/C19H19IN4/c20-14-7-9-16(10-8-14)24-19-17(6-2-4-12-22-19)18(23-24)13-15-5-1-3-11-21-15/h1,3,5,7-11,22H,2,4,6,12-13H2. The van der Waals surface area contributed by atoms with E-state index < -0.39 is 0 Å². The lowest BCUT2D eigenvalue weighted by atomic mass is 10.1. The molecule has 0 amide bonds. The van der Waals surface area contributed by atoms with Gasteiger partial charge in [-0.05, 0) is 78.3 Å². The molecule has 0 aliphatic carbocycles. The topological polar surface area (TPSA) is 42.7 Å². The summed E-state index contributed by atoms with van der Waals surface area (Å²) in [5, 5.41) is 8.53. The zero-order valence-electron chi connectivity index (χ0n) is 13.4. The van der Waals surface area contributed by atoms with E-state index in [9.17, 15) is 0 Å². The van der Waals surface area contributed by atoms with Gasteiger partial charge in [-0.3, -0.25) is 4.98 Å². The Kier molecular flexibility index (Phi) is 4.51. The van der Waals surface area contributed by atoms with Gasteiger partial charge in [-0.25, -0.2) is 4.68 Å². The van der Waals surface area contributed by atoms with Crippen molar-refractivity contribution in [2.75, 3.05) is 11.9 Å². The first-order valence-electron chi connectivity index (χ1n) is 8.32. The van der Waals surface area contributed by atoms with E-state index in [1.165, 1.54) is 22.0 Å². The third-order valence-electron chi connectivity index (χ3n) is 4.36. The quantitative estimate of drug-likeness (QED) is 0.634. The van der Waals surface area contributed by atoms with Crippen LogP contribution in [0.15, 0.2) is 48.7 Å². The zero-order valence-corrected chi connectivity index (χ0v) is 15.5. The van der Waals surface area contributed by atoms with Gasteiger partial charge in [0.05, 0.1) is 11.4 Å². The number of hydrogen-bond donors (Lipinski definition) is 1. The third-order valence-corrected chi connectivity index (χ3v) is 5.08. The summed E-state index contributed by atoms with van der Waals surface area (Å²) in [5.74, 6) is 1.15. The summed E-state index contributed by atoms with van der Waals surface area (Å²) in [6.07, 6.45) is 6.11. The molecule has 24 heavy (non-hydrogen) atoms. The Morgan fingerprint density at radius 3 is 2.75 bits per heavy atom. The molecule has 122 valence electrons. The van der Waals surface area contributed by atoms with E-state index in [4.69, 9.17) is 5.10 Å². The fourth-order valence-corrected chi connectivity index (χ4v) is 3.52. The summed E-state index contributed by atoms with van der Waals surface area (Å²) in [6.45, 7) is 1.01. The van der Waals surface area contributed by atoms with Gasteiger partial charge in [0.15, 0.2) is 0 Å². The van der Waals surface area contributed by atoms with E-state index in [1.54, 1.807) is 0 Å². The van der Waals surface area contributed by atoms with Gasteiger partial charge in [0.1, 0.15) is 5.82 Å². The second-order valence-corrected chi connectivity index (χ2v) is 7.29. The van der Waals surface area contributed by atoms with Gasteiger partial charge in [0.2, 0.25) is 0 Å². The van der Waals surface area contributed by atoms with Crippen LogP contribution in [0.3, 0.4) is 0 Å². The molecule has 2 aromatic heterocycles. The van der Waals surface area contributed by atoms with Crippen molar-refractivity contribution < 1.29 is 0 Å². The molecule has 1 aliphatic heterocycles. The van der Waals surface area contributed by atoms with E-state index in [0.29, 0.717) is 0 Å². The van der Waals surface area contributed by atoms with E-state index in [2.05, 4.69) is 67.9 Å². The first kappa shape index (κ1) is 15.6. The third kappa shape index (κ3) is 3.17. The first-order valence-corrected chi connectivity index (χ1v) is 9.39. The second kappa shape index (κ2) is 6.93. The van der Waals surface area contributed by atoms with Gasteiger partial charge >= 0.3 is 0 Å². The largest absolute Gasteiger partial charge is 0.370 e.